The minimum atomic E-state index is -0.932. The molecule has 0 heterocycles. The monoisotopic (exact) mass is 486 g/mol. The molecule has 0 amide bonds. The van der Waals surface area contributed by atoms with Crippen LogP contribution >= 0.6 is 0 Å². The van der Waals surface area contributed by atoms with E-state index in [-0.39, 0.29) is 24.1 Å². The summed E-state index contributed by atoms with van der Waals surface area (Å²) in [6, 6.07) is 0. The first-order valence-corrected chi connectivity index (χ1v) is 13.6. The average Bonchev–Trinajstić information content (AvgIpc) is 2.76. The second-order valence-corrected chi connectivity index (χ2v) is 10.6. The molecular weight excluding hydrogens is 434 g/mol. The maximum Gasteiger partial charge on any atom is 0.311 e. The lowest BCUT2D eigenvalue weighted by atomic mass is 10.00. The van der Waals surface area contributed by atoms with Gasteiger partial charge in [0.15, 0.2) is 0 Å². The first-order valence-electron chi connectivity index (χ1n) is 13.6. The molecule has 7 heteroatoms. The van der Waals surface area contributed by atoms with Gasteiger partial charge in [-0.25, -0.2) is 0 Å². The molecule has 0 aliphatic rings. The molecule has 0 aliphatic heterocycles. The largest absolute Gasteiger partial charge is 0.481 e. The van der Waals surface area contributed by atoms with Crippen LogP contribution in [-0.4, -0.2) is 63.9 Å². The fourth-order valence-corrected chi connectivity index (χ4v) is 4.94. The number of carbonyl (C=O) groups is 3. The van der Waals surface area contributed by atoms with E-state index in [2.05, 4.69) is 6.92 Å². The van der Waals surface area contributed by atoms with Gasteiger partial charge in [-0.3, -0.25) is 14.4 Å². The van der Waals surface area contributed by atoms with E-state index in [1.54, 1.807) is 20.8 Å². The van der Waals surface area contributed by atoms with Crippen LogP contribution in [0.15, 0.2) is 0 Å². The van der Waals surface area contributed by atoms with E-state index < -0.39 is 35.7 Å². The summed E-state index contributed by atoms with van der Waals surface area (Å²) >= 11 is 0. The number of rotatable bonds is 23. The molecule has 0 spiro atoms. The molecule has 0 fully saturated rings. The lowest BCUT2D eigenvalue weighted by Gasteiger charge is -2.42. The first-order chi connectivity index (χ1) is 16.0. The highest BCUT2D eigenvalue weighted by Gasteiger charge is 2.38. The first kappa shape index (κ1) is 32.4. The zero-order chi connectivity index (χ0) is 26.0. The topological polar surface area (TPSA) is 112 Å². The fourth-order valence-electron chi connectivity index (χ4n) is 4.94. The molecule has 0 radical (unpaired) electrons. The van der Waals surface area contributed by atoms with Crippen molar-refractivity contribution in [3.05, 3.63) is 0 Å². The molecule has 0 saturated heterocycles. The highest BCUT2D eigenvalue weighted by atomic mass is 16.4. The second kappa shape index (κ2) is 18.7. The summed E-state index contributed by atoms with van der Waals surface area (Å²) < 4.78 is 0.229. The summed E-state index contributed by atoms with van der Waals surface area (Å²) in [5, 5.41) is 28.4. The number of carboxylic acids is 3. The number of unbranched alkanes of at least 4 members (excludes halogenated alkanes) is 12. The summed E-state index contributed by atoms with van der Waals surface area (Å²) in [6.45, 7) is 8.48. The highest BCUT2D eigenvalue weighted by Crippen LogP contribution is 2.22. The van der Waals surface area contributed by atoms with Gasteiger partial charge in [0, 0.05) is 0 Å². The average molecular weight is 487 g/mol. The van der Waals surface area contributed by atoms with Crippen LogP contribution < -0.4 is 0 Å². The van der Waals surface area contributed by atoms with E-state index in [1.165, 1.54) is 64.2 Å². The lowest BCUT2D eigenvalue weighted by molar-refractivity contribution is -0.934. The van der Waals surface area contributed by atoms with Gasteiger partial charge in [-0.05, 0) is 33.6 Å². The van der Waals surface area contributed by atoms with Crippen molar-refractivity contribution in [2.24, 2.45) is 17.8 Å². The van der Waals surface area contributed by atoms with Crippen molar-refractivity contribution in [2.45, 2.75) is 111 Å². The Hall–Kier alpha value is -1.63. The van der Waals surface area contributed by atoms with Crippen LogP contribution in [0.3, 0.4) is 0 Å². The Morgan fingerprint density at radius 3 is 1.06 bits per heavy atom. The Morgan fingerprint density at radius 1 is 0.529 bits per heavy atom. The molecule has 7 nitrogen and oxygen atoms in total. The van der Waals surface area contributed by atoms with Gasteiger partial charge in [0.1, 0.15) is 17.8 Å². The molecule has 3 atom stereocenters. The van der Waals surface area contributed by atoms with Crippen molar-refractivity contribution in [2.75, 3.05) is 26.2 Å². The molecule has 0 rings (SSSR count). The van der Waals surface area contributed by atoms with Crippen LogP contribution in [0.2, 0.25) is 0 Å². The van der Waals surface area contributed by atoms with Crippen LogP contribution in [0.5, 0.6) is 0 Å². The number of hydrogen-bond donors (Lipinski definition) is 3. The molecule has 0 saturated carbocycles. The zero-order valence-corrected chi connectivity index (χ0v) is 22.3. The summed E-state index contributed by atoms with van der Waals surface area (Å²) in [4.78, 5) is 34.7. The van der Waals surface area contributed by atoms with Crippen LogP contribution in [-0.2, 0) is 14.4 Å². The normalized spacial score (nSPS) is 15.9. The van der Waals surface area contributed by atoms with Gasteiger partial charge in [-0.1, -0.05) is 77.6 Å². The van der Waals surface area contributed by atoms with Gasteiger partial charge < -0.3 is 19.8 Å². The predicted molar refractivity (Wildman–Crippen MR) is 136 cm³/mol. The van der Waals surface area contributed by atoms with Crippen molar-refractivity contribution in [1.29, 1.82) is 0 Å². The Morgan fingerprint density at radius 2 is 0.794 bits per heavy atom. The fraction of sp³-hybridized carbons (Fsp3) is 0.889. The van der Waals surface area contributed by atoms with E-state index >= 15 is 0 Å². The number of aliphatic carboxylic acids is 3. The van der Waals surface area contributed by atoms with Gasteiger partial charge in [-0.15, -0.1) is 0 Å². The van der Waals surface area contributed by atoms with E-state index in [0.717, 1.165) is 19.3 Å². The maximum absolute atomic E-state index is 11.6. The third-order valence-corrected chi connectivity index (χ3v) is 6.98. The molecule has 0 aliphatic carbocycles. The van der Waals surface area contributed by atoms with Crippen LogP contribution in [0.1, 0.15) is 111 Å². The molecule has 3 N–H and O–H groups in total. The molecule has 0 bridgehead atoms. The third kappa shape index (κ3) is 15.3. The Bertz CT molecular complexity index is 524. The maximum atomic E-state index is 11.6. The standard InChI is InChI=1S/C27H51NO6/c1-5-6-7-8-9-10-11-12-13-14-15-16-17-18-28(19-22(2)25(29)30,20-23(3)26(31)32)21-24(4)27(33)34/h22-24H,5-21H2,1-4H3,(H2-,29,30,31,32,33,34)/p+1. The molecule has 0 aromatic heterocycles. The van der Waals surface area contributed by atoms with E-state index in [1.807, 2.05) is 0 Å². The molecule has 34 heavy (non-hydrogen) atoms. The molecule has 0 aromatic rings. The van der Waals surface area contributed by atoms with Gasteiger partial charge >= 0.3 is 17.9 Å². The zero-order valence-electron chi connectivity index (χ0n) is 22.3. The predicted octanol–water partition coefficient (Wildman–Crippen LogP) is 6.06. The number of quaternary nitrogens is 1. The number of hydrogen-bond acceptors (Lipinski definition) is 3. The number of carboxylic acid groups (broad SMARTS) is 3. The lowest BCUT2D eigenvalue weighted by Crippen LogP contribution is -2.57. The number of nitrogens with zero attached hydrogens (tertiary/aromatic N) is 1. The third-order valence-electron chi connectivity index (χ3n) is 6.98. The van der Waals surface area contributed by atoms with Crippen LogP contribution in [0, 0.1) is 17.8 Å². The second-order valence-electron chi connectivity index (χ2n) is 10.6. The van der Waals surface area contributed by atoms with Crippen molar-refractivity contribution >= 4 is 17.9 Å². The van der Waals surface area contributed by atoms with E-state index in [4.69, 9.17) is 0 Å². The molecule has 0 aromatic carbocycles. The highest BCUT2D eigenvalue weighted by molar-refractivity contribution is 5.70. The minimum absolute atomic E-state index is 0.229. The van der Waals surface area contributed by atoms with Gasteiger partial charge in [-0.2, -0.15) is 0 Å². The SMILES string of the molecule is CCCCCCCCCCCCCCC[N+](CC(C)C(=O)O)(CC(C)C(=O)O)CC(C)C(=O)O. The van der Waals surface area contributed by atoms with Crippen molar-refractivity contribution < 1.29 is 34.2 Å². The summed E-state index contributed by atoms with van der Waals surface area (Å²) in [7, 11) is 0. The van der Waals surface area contributed by atoms with E-state index in [9.17, 15) is 29.7 Å². The minimum Gasteiger partial charge on any atom is -0.481 e. The van der Waals surface area contributed by atoms with Gasteiger partial charge in [0.05, 0.1) is 26.2 Å². The smallest absolute Gasteiger partial charge is 0.311 e. The summed E-state index contributed by atoms with van der Waals surface area (Å²) in [6.07, 6.45) is 16.0. The molecular formula is C27H52NO6+. The van der Waals surface area contributed by atoms with Crippen molar-refractivity contribution in [3.63, 3.8) is 0 Å². The Kier molecular flexibility index (Phi) is 17.8. The Labute approximate surface area is 207 Å². The van der Waals surface area contributed by atoms with Crippen LogP contribution in [0.25, 0.3) is 0 Å². The van der Waals surface area contributed by atoms with Crippen LogP contribution in [0.4, 0.5) is 0 Å². The summed E-state index contributed by atoms with van der Waals surface area (Å²) in [5.41, 5.74) is 0. The molecule has 3 unspecified atom stereocenters. The van der Waals surface area contributed by atoms with Crippen molar-refractivity contribution in [3.8, 4) is 0 Å². The van der Waals surface area contributed by atoms with E-state index in [0.29, 0.717) is 6.54 Å². The summed E-state index contributed by atoms with van der Waals surface area (Å²) in [5.74, 6) is -4.78. The quantitative estimate of drug-likeness (QED) is 0.120. The molecule has 200 valence electrons. The van der Waals surface area contributed by atoms with Gasteiger partial charge in [0.2, 0.25) is 0 Å². The Balaban J connectivity index is 4.69. The van der Waals surface area contributed by atoms with Gasteiger partial charge in [0.25, 0.3) is 0 Å². The van der Waals surface area contributed by atoms with Crippen molar-refractivity contribution in [1.82, 2.24) is 0 Å².